The number of nitrogens with zero attached hydrogens (tertiary/aromatic N) is 4. The number of pyridine rings is 1. The third-order valence-electron chi connectivity index (χ3n) is 4.76. The standard InChI is InChI=1S/C21H21ClN4O4/c22-17-1-6-20(24-13-17)29-18-2-4-19(5-3-18)30-21(27)25-10-7-16(8-11-25)14-28-26-12-9-23-15-26/h1-6,9,12-13,15-16H,7-8,10-11,14H2. The van der Waals surface area contributed by atoms with Gasteiger partial charge in [-0.3, -0.25) is 0 Å². The normalized spacial score (nSPS) is 14.4. The number of carbonyl (C=O) groups excluding carboxylic acids is 1. The molecule has 1 amide bonds. The highest BCUT2D eigenvalue weighted by Gasteiger charge is 2.24. The number of hydrogen-bond donors (Lipinski definition) is 0. The molecule has 0 atom stereocenters. The molecule has 4 rings (SSSR count). The Morgan fingerprint density at radius 1 is 1.10 bits per heavy atom. The number of halogens is 1. The van der Waals surface area contributed by atoms with Crippen LogP contribution in [0.1, 0.15) is 12.8 Å². The SMILES string of the molecule is O=C(Oc1ccc(Oc2ccc(Cl)cn2)cc1)N1CCC(COn2ccnc2)CC1. The highest BCUT2D eigenvalue weighted by atomic mass is 35.5. The molecule has 2 aromatic heterocycles. The van der Waals surface area contributed by atoms with Crippen LogP contribution in [0.15, 0.2) is 61.3 Å². The quantitative estimate of drug-likeness (QED) is 0.589. The van der Waals surface area contributed by atoms with E-state index in [0.29, 0.717) is 48.0 Å². The molecule has 3 aromatic rings. The zero-order chi connectivity index (χ0) is 20.8. The van der Waals surface area contributed by atoms with Gasteiger partial charge in [0.2, 0.25) is 5.88 Å². The first-order valence-corrected chi connectivity index (χ1v) is 10.0. The Kier molecular flexibility index (Phi) is 6.34. The summed E-state index contributed by atoms with van der Waals surface area (Å²) in [6.45, 7) is 1.88. The van der Waals surface area contributed by atoms with Gasteiger partial charge >= 0.3 is 6.09 Å². The van der Waals surface area contributed by atoms with E-state index in [0.717, 1.165) is 12.8 Å². The topological polar surface area (TPSA) is 78.7 Å². The fraction of sp³-hybridized carbons (Fsp3) is 0.286. The van der Waals surface area contributed by atoms with Crippen LogP contribution >= 0.6 is 11.6 Å². The lowest BCUT2D eigenvalue weighted by atomic mass is 9.98. The number of amides is 1. The molecule has 8 nitrogen and oxygen atoms in total. The highest BCUT2D eigenvalue weighted by molar-refractivity contribution is 6.30. The summed E-state index contributed by atoms with van der Waals surface area (Å²) in [4.78, 5) is 27.8. The van der Waals surface area contributed by atoms with Crippen molar-refractivity contribution in [1.29, 1.82) is 0 Å². The average Bonchev–Trinajstić information content (AvgIpc) is 3.29. The molecule has 0 spiro atoms. The van der Waals surface area contributed by atoms with E-state index in [2.05, 4.69) is 9.97 Å². The lowest BCUT2D eigenvalue weighted by molar-refractivity contribution is 0.0541. The second-order valence-corrected chi connectivity index (χ2v) is 7.34. The highest BCUT2D eigenvalue weighted by Crippen LogP contribution is 2.24. The van der Waals surface area contributed by atoms with Gasteiger partial charge in [-0.05, 0) is 49.1 Å². The average molecular weight is 429 g/mol. The van der Waals surface area contributed by atoms with Gasteiger partial charge in [0.05, 0.1) is 11.2 Å². The minimum absolute atomic E-state index is 0.350. The van der Waals surface area contributed by atoms with Crippen molar-refractivity contribution in [1.82, 2.24) is 19.6 Å². The fourth-order valence-corrected chi connectivity index (χ4v) is 3.19. The number of benzene rings is 1. The fourth-order valence-electron chi connectivity index (χ4n) is 3.08. The molecule has 0 radical (unpaired) electrons. The minimum Gasteiger partial charge on any atom is -0.439 e. The maximum absolute atomic E-state index is 12.4. The second-order valence-electron chi connectivity index (χ2n) is 6.90. The van der Waals surface area contributed by atoms with Crippen molar-refractivity contribution in [2.75, 3.05) is 19.7 Å². The molecule has 3 heterocycles. The van der Waals surface area contributed by atoms with Crippen molar-refractivity contribution in [3.63, 3.8) is 0 Å². The molecule has 30 heavy (non-hydrogen) atoms. The van der Waals surface area contributed by atoms with E-state index in [9.17, 15) is 4.79 Å². The van der Waals surface area contributed by atoms with Crippen molar-refractivity contribution in [2.24, 2.45) is 5.92 Å². The first-order chi connectivity index (χ1) is 14.7. The molecule has 1 aliphatic heterocycles. The maximum Gasteiger partial charge on any atom is 0.415 e. The van der Waals surface area contributed by atoms with Crippen LogP contribution in [0.2, 0.25) is 5.02 Å². The summed E-state index contributed by atoms with van der Waals surface area (Å²) in [5.41, 5.74) is 0. The predicted octanol–water partition coefficient (Wildman–Crippen LogP) is 4.06. The van der Waals surface area contributed by atoms with Crippen LogP contribution in [-0.2, 0) is 0 Å². The van der Waals surface area contributed by atoms with Crippen molar-refractivity contribution in [3.05, 3.63) is 66.3 Å². The molecule has 0 bridgehead atoms. The molecule has 9 heteroatoms. The van der Waals surface area contributed by atoms with Gasteiger partial charge in [-0.1, -0.05) is 11.6 Å². The summed E-state index contributed by atoms with van der Waals surface area (Å²) in [6, 6.07) is 10.2. The molecule has 156 valence electrons. The second kappa shape index (κ2) is 9.49. The van der Waals surface area contributed by atoms with Crippen LogP contribution in [0.3, 0.4) is 0 Å². The number of ether oxygens (including phenoxy) is 2. The zero-order valence-corrected chi connectivity index (χ0v) is 16.9. The largest absolute Gasteiger partial charge is 0.439 e. The van der Waals surface area contributed by atoms with Crippen molar-refractivity contribution >= 4 is 17.7 Å². The summed E-state index contributed by atoms with van der Waals surface area (Å²) in [7, 11) is 0. The predicted molar refractivity (Wildman–Crippen MR) is 110 cm³/mol. The van der Waals surface area contributed by atoms with Crippen molar-refractivity contribution in [3.8, 4) is 17.4 Å². The lowest BCUT2D eigenvalue weighted by Crippen LogP contribution is -2.41. The van der Waals surface area contributed by atoms with Crippen molar-refractivity contribution < 1.29 is 19.1 Å². The number of imidazole rings is 1. The molecule has 0 saturated carbocycles. The Balaban J connectivity index is 1.22. The van der Waals surface area contributed by atoms with E-state index in [-0.39, 0.29) is 6.09 Å². The smallest absolute Gasteiger partial charge is 0.415 e. The first-order valence-electron chi connectivity index (χ1n) is 9.63. The van der Waals surface area contributed by atoms with Gasteiger partial charge in [0.15, 0.2) is 0 Å². The molecule has 1 aliphatic rings. The minimum atomic E-state index is -0.350. The molecule has 0 aliphatic carbocycles. The molecule has 1 aromatic carbocycles. The third-order valence-corrected chi connectivity index (χ3v) is 4.99. The van der Waals surface area contributed by atoms with Crippen LogP contribution in [-0.4, -0.2) is 45.4 Å². The van der Waals surface area contributed by atoms with Crippen LogP contribution in [0.4, 0.5) is 4.79 Å². The van der Waals surface area contributed by atoms with E-state index in [4.69, 9.17) is 25.9 Å². The molecule has 1 saturated heterocycles. The lowest BCUT2D eigenvalue weighted by Gasteiger charge is -2.30. The Labute approximate surface area is 178 Å². The van der Waals surface area contributed by atoms with Gasteiger partial charge in [-0.25, -0.2) is 14.8 Å². The zero-order valence-electron chi connectivity index (χ0n) is 16.2. The number of likely N-dealkylation sites (tertiary alicyclic amines) is 1. The van der Waals surface area contributed by atoms with Gasteiger partial charge in [-0.15, -0.1) is 0 Å². The third kappa shape index (κ3) is 5.42. The molecular formula is C21H21ClN4O4. The van der Waals surface area contributed by atoms with Crippen LogP contribution in [0.5, 0.6) is 17.4 Å². The Morgan fingerprint density at radius 3 is 2.53 bits per heavy atom. The molecular weight excluding hydrogens is 408 g/mol. The number of piperidine rings is 1. The van der Waals surface area contributed by atoms with Gasteiger partial charge in [0, 0.05) is 31.5 Å². The Bertz CT molecular complexity index is 940. The van der Waals surface area contributed by atoms with E-state index in [1.165, 1.54) is 6.20 Å². The van der Waals surface area contributed by atoms with E-state index in [1.807, 2.05) is 0 Å². The number of hydrogen-bond acceptors (Lipinski definition) is 6. The van der Waals surface area contributed by atoms with Crippen LogP contribution < -0.4 is 14.3 Å². The molecule has 1 fully saturated rings. The first kappa shape index (κ1) is 20.0. The van der Waals surface area contributed by atoms with Crippen LogP contribution in [0, 0.1) is 5.92 Å². The van der Waals surface area contributed by atoms with E-state index >= 15 is 0 Å². The Morgan fingerprint density at radius 2 is 1.87 bits per heavy atom. The van der Waals surface area contributed by atoms with Gasteiger partial charge in [0.1, 0.15) is 24.4 Å². The van der Waals surface area contributed by atoms with E-state index in [1.54, 1.807) is 64.7 Å². The monoisotopic (exact) mass is 428 g/mol. The van der Waals surface area contributed by atoms with Crippen molar-refractivity contribution in [2.45, 2.75) is 12.8 Å². The van der Waals surface area contributed by atoms with E-state index < -0.39 is 0 Å². The van der Waals surface area contributed by atoms with Crippen LogP contribution in [0.25, 0.3) is 0 Å². The van der Waals surface area contributed by atoms with Gasteiger partial charge in [0.25, 0.3) is 0 Å². The summed E-state index contributed by atoms with van der Waals surface area (Å²) in [5.74, 6) is 1.88. The number of carbonyl (C=O) groups is 1. The summed E-state index contributed by atoms with van der Waals surface area (Å²) >= 11 is 5.81. The molecule has 0 unspecified atom stereocenters. The Hall–Kier alpha value is -3.26. The number of aromatic nitrogens is 3. The summed E-state index contributed by atoms with van der Waals surface area (Å²) in [5, 5.41) is 0.541. The maximum atomic E-state index is 12.4. The summed E-state index contributed by atoms with van der Waals surface area (Å²) in [6.07, 6.45) is 7.95. The summed E-state index contributed by atoms with van der Waals surface area (Å²) < 4.78 is 12.7. The van der Waals surface area contributed by atoms with Gasteiger partial charge in [-0.2, -0.15) is 4.73 Å². The molecule has 0 N–H and O–H groups in total. The number of rotatable bonds is 6. The van der Waals surface area contributed by atoms with Gasteiger partial charge < -0.3 is 19.2 Å².